The number of carboxylic acid groups (broad SMARTS) is 1. The van der Waals surface area contributed by atoms with Crippen LogP contribution in [-0.4, -0.2) is 24.3 Å². The standard InChI is InChI=1S/C14H20O3/c1-3-17-9-8-13(14(15)16)10-12-7-5-4-6-11(12)2/h4-7,13H,3,8-10H2,1-2H3,(H,15,16). The van der Waals surface area contributed by atoms with Gasteiger partial charge < -0.3 is 9.84 Å². The molecule has 1 atom stereocenters. The van der Waals surface area contributed by atoms with Gasteiger partial charge in [0.05, 0.1) is 5.92 Å². The zero-order valence-electron chi connectivity index (χ0n) is 10.5. The maximum absolute atomic E-state index is 11.2. The summed E-state index contributed by atoms with van der Waals surface area (Å²) in [5, 5.41) is 9.17. The van der Waals surface area contributed by atoms with Crippen LogP contribution in [-0.2, 0) is 16.0 Å². The molecule has 0 radical (unpaired) electrons. The van der Waals surface area contributed by atoms with Gasteiger partial charge in [-0.15, -0.1) is 0 Å². The van der Waals surface area contributed by atoms with Crippen LogP contribution in [0.1, 0.15) is 24.5 Å². The summed E-state index contributed by atoms with van der Waals surface area (Å²) in [5.74, 6) is -1.10. The first-order valence-electron chi connectivity index (χ1n) is 6.00. The van der Waals surface area contributed by atoms with Crippen LogP contribution in [0.25, 0.3) is 0 Å². The molecule has 0 saturated carbocycles. The van der Waals surface area contributed by atoms with Crippen molar-refractivity contribution < 1.29 is 14.6 Å². The van der Waals surface area contributed by atoms with Crippen molar-refractivity contribution in [3.63, 3.8) is 0 Å². The van der Waals surface area contributed by atoms with Crippen LogP contribution >= 0.6 is 0 Å². The van der Waals surface area contributed by atoms with E-state index in [4.69, 9.17) is 9.84 Å². The fourth-order valence-electron chi connectivity index (χ4n) is 1.79. The average molecular weight is 236 g/mol. The Balaban J connectivity index is 2.61. The molecular weight excluding hydrogens is 216 g/mol. The Kier molecular flexibility index (Phi) is 5.70. The highest BCUT2D eigenvalue weighted by molar-refractivity contribution is 5.70. The minimum absolute atomic E-state index is 0.359. The predicted octanol–water partition coefficient (Wildman–Crippen LogP) is 2.66. The molecule has 0 bridgehead atoms. The average Bonchev–Trinajstić information content (AvgIpc) is 2.30. The number of carboxylic acids is 1. The van der Waals surface area contributed by atoms with E-state index in [9.17, 15) is 4.79 Å². The van der Waals surface area contributed by atoms with Gasteiger partial charge in [0.1, 0.15) is 0 Å². The summed E-state index contributed by atoms with van der Waals surface area (Å²) in [5.41, 5.74) is 2.26. The van der Waals surface area contributed by atoms with Gasteiger partial charge in [-0.25, -0.2) is 0 Å². The molecule has 1 rings (SSSR count). The second-order valence-electron chi connectivity index (χ2n) is 4.15. The second kappa shape index (κ2) is 7.07. The third-order valence-electron chi connectivity index (χ3n) is 2.89. The smallest absolute Gasteiger partial charge is 0.306 e. The molecule has 0 aliphatic carbocycles. The minimum Gasteiger partial charge on any atom is -0.481 e. The first kappa shape index (κ1) is 13.7. The number of aryl methyl sites for hydroxylation is 1. The van der Waals surface area contributed by atoms with Crippen molar-refractivity contribution in [2.24, 2.45) is 5.92 Å². The Bertz CT molecular complexity index is 360. The van der Waals surface area contributed by atoms with Crippen molar-refractivity contribution in [1.29, 1.82) is 0 Å². The SMILES string of the molecule is CCOCCC(Cc1ccccc1C)C(=O)O. The third-order valence-corrected chi connectivity index (χ3v) is 2.89. The highest BCUT2D eigenvalue weighted by Gasteiger charge is 2.18. The van der Waals surface area contributed by atoms with E-state index in [0.717, 1.165) is 11.1 Å². The molecule has 3 heteroatoms. The van der Waals surface area contributed by atoms with Gasteiger partial charge >= 0.3 is 5.97 Å². The monoisotopic (exact) mass is 236 g/mol. The number of hydrogen-bond donors (Lipinski definition) is 1. The van der Waals surface area contributed by atoms with E-state index in [1.165, 1.54) is 0 Å². The summed E-state index contributed by atoms with van der Waals surface area (Å²) in [6, 6.07) is 7.92. The summed E-state index contributed by atoms with van der Waals surface area (Å²) < 4.78 is 5.22. The number of hydrogen-bond acceptors (Lipinski definition) is 2. The van der Waals surface area contributed by atoms with Crippen LogP contribution in [0, 0.1) is 12.8 Å². The van der Waals surface area contributed by atoms with Gasteiger partial charge in [-0.05, 0) is 37.8 Å². The molecule has 0 saturated heterocycles. The molecular formula is C14H20O3. The molecule has 94 valence electrons. The van der Waals surface area contributed by atoms with Crippen LogP contribution in [0.15, 0.2) is 24.3 Å². The van der Waals surface area contributed by atoms with E-state index in [0.29, 0.717) is 26.1 Å². The van der Waals surface area contributed by atoms with Gasteiger partial charge in [-0.2, -0.15) is 0 Å². The maximum Gasteiger partial charge on any atom is 0.306 e. The normalized spacial score (nSPS) is 12.4. The zero-order chi connectivity index (χ0) is 12.7. The number of rotatable bonds is 7. The van der Waals surface area contributed by atoms with E-state index in [1.807, 2.05) is 38.1 Å². The molecule has 0 amide bonds. The molecule has 0 fully saturated rings. The van der Waals surface area contributed by atoms with Gasteiger partial charge in [-0.3, -0.25) is 4.79 Å². The molecule has 1 aromatic carbocycles. The minimum atomic E-state index is -0.743. The third kappa shape index (κ3) is 4.57. The lowest BCUT2D eigenvalue weighted by Gasteiger charge is -2.13. The fourth-order valence-corrected chi connectivity index (χ4v) is 1.79. The molecule has 1 N–H and O–H groups in total. The summed E-state index contributed by atoms with van der Waals surface area (Å²) in [4.78, 5) is 11.2. The molecule has 1 unspecified atom stereocenters. The van der Waals surface area contributed by atoms with Crippen molar-refractivity contribution in [2.45, 2.75) is 26.7 Å². The molecule has 17 heavy (non-hydrogen) atoms. The number of benzene rings is 1. The summed E-state index contributed by atoms with van der Waals surface area (Å²) in [6.45, 7) is 5.07. The van der Waals surface area contributed by atoms with Gasteiger partial charge in [0.2, 0.25) is 0 Å². The van der Waals surface area contributed by atoms with E-state index < -0.39 is 5.97 Å². The van der Waals surface area contributed by atoms with Crippen LogP contribution in [0.3, 0.4) is 0 Å². The Morgan fingerprint density at radius 3 is 2.71 bits per heavy atom. The van der Waals surface area contributed by atoms with E-state index in [-0.39, 0.29) is 5.92 Å². The van der Waals surface area contributed by atoms with Crippen molar-refractivity contribution >= 4 is 5.97 Å². The molecule has 0 aromatic heterocycles. The van der Waals surface area contributed by atoms with Gasteiger partial charge in [0.15, 0.2) is 0 Å². The molecule has 0 heterocycles. The number of carbonyl (C=O) groups is 1. The van der Waals surface area contributed by atoms with Gasteiger partial charge in [-0.1, -0.05) is 24.3 Å². The Morgan fingerprint density at radius 2 is 2.12 bits per heavy atom. The van der Waals surface area contributed by atoms with Crippen LogP contribution < -0.4 is 0 Å². The van der Waals surface area contributed by atoms with Crippen molar-refractivity contribution in [3.8, 4) is 0 Å². The molecule has 0 spiro atoms. The van der Waals surface area contributed by atoms with E-state index >= 15 is 0 Å². The zero-order valence-corrected chi connectivity index (χ0v) is 10.5. The van der Waals surface area contributed by atoms with Gasteiger partial charge in [0.25, 0.3) is 0 Å². The topological polar surface area (TPSA) is 46.5 Å². The first-order valence-corrected chi connectivity index (χ1v) is 6.00. The summed E-state index contributed by atoms with van der Waals surface area (Å²) in [6.07, 6.45) is 1.15. The lowest BCUT2D eigenvalue weighted by atomic mass is 9.94. The van der Waals surface area contributed by atoms with Crippen molar-refractivity contribution in [2.75, 3.05) is 13.2 Å². The predicted molar refractivity (Wildman–Crippen MR) is 67.1 cm³/mol. The lowest BCUT2D eigenvalue weighted by Crippen LogP contribution is -2.19. The quantitative estimate of drug-likeness (QED) is 0.740. The highest BCUT2D eigenvalue weighted by atomic mass is 16.5. The largest absolute Gasteiger partial charge is 0.481 e. The Labute approximate surface area is 102 Å². The van der Waals surface area contributed by atoms with Crippen molar-refractivity contribution in [3.05, 3.63) is 35.4 Å². The molecule has 3 nitrogen and oxygen atoms in total. The van der Waals surface area contributed by atoms with Crippen LogP contribution in [0.2, 0.25) is 0 Å². The van der Waals surface area contributed by atoms with Crippen LogP contribution in [0.5, 0.6) is 0 Å². The summed E-state index contributed by atoms with van der Waals surface area (Å²) in [7, 11) is 0. The number of aliphatic carboxylic acids is 1. The lowest BCUT2D eigenvalue weighted by molar-refractivity contribution is -0.142. The summed E-state index contributed by atoms with van der Waals surface area (Å²) >= 11 is 0. The molecule has 0 aliphatic heterocycles. The van der Waals surface area contributed by atoms with E-state index in [2.05, 4.69) is 0 Å². The highest BCUT2D eigenvalue weighted by Crippen LogP contribution is 2.16. The van der Waals surface area contributed by atoms with Gasteiger partial charge in [0, 0.05) is 13.2 Å². The molecule has 1 aromatic rings. The maximum atomic E-state index is 11.2. The molecule has 0 aliphatic rings. The van der Waals surface area contributed by atoms with Crippen LogP contribution in [0.4, 0.5) is 0 Å². The first-order chi connectivity index (χ1) is 8.15. The van der Waals surface area contributed by atoms with E-state index in [1.54, 1.807) is 0 Å². The Morgan fingerprint density at radius 1 is 1.41 bits per heavy atom. The fraction of sp³-hybridized carbons (Fsp3) is 0.500. The number of ether oxygens (including phenoxy) is 1. The Hall–Kier alpha value is -1.35. The second-order valence-corrected chi connectivity index (χ2v) is 4.15. The van der Waals surface area contributed by atoms with Crippen molar-refractivity contribution in [1.82, 2.24) is 0 Å².